The van der Waals surface area contributed by atoms with Gasteiger partial charge in [-0.15, -0.1) is 5.06 Å². The number of hydrogen-bond donors (Lipinski definition) is 1. The summed E-state index contributed by atoms with van der Waals surface area (Å²) in [7, 11) is -2.08. The van der Waals surface area contributed by atoms with Crippen LogP contribution < -0.4 is 9.62 Å². The number of hydrogen-bond acceptors (Lipinski definition) is 7. The third-order valence-electron chi connectivity index (χ3n) is 7.50. The van der Waals surface area contributed by atoms with Gasteiger partial charge in [0.05, 0.1) is 36.3 Å². The Kier molecular flexibility index (Phi) is 10.5. The number of carbonyl (C=O) groups excluding carboxylic acids is 2. The van der Waals surface area contributed by atoms with Crippen LogP contribution in [-0.4, -0.2) is 45.6 Å². The van der Waals surface area contributed by atoms with Gasteiger partial charge in [-0.1, -0.05) is 55.5 Å². The average molecular weight is 559 g/mol. The molecule has 0 spiro atoms. The van der Waals surface area contributed by atoms with E-state index in [2.05, 4.69) is 4.89 Å². The Morgan fingerprint density at radius 1 is 0.769 bits per heavy atom. The number of ether oxygens (including phenoxy) is 1. The van der Waals surface area contributed by atoms with Crippen LogP contribution in [0.25, 0.3) is 0 Å². The summed E-state index contributed by atoms with van der Waals surface area (Å²) < 4.78 is 29.0. The van der Waals surface area contributed by atoms with Gasteiger partial charge >= 0.3 is 0 Å². The van der Waals surface area contributed by atoms with Gasteiger partial charge in [0.1, 0.15) is 5.75 Å². The largest absolute Gasteiger partial charge is 0.497 e. The minimum absolute atomic E-state index is 0.168. The maximum Gasteiger partial charge on any atom is 0.285 e. The standard InChI is InChI=1S/C15H17NO3.C14H21NO4S/c17-14-12-8-4-5-9-13(12)15(18)16(14)19-10-11-6-2-1-3-7-11;1-18-13-7-9-14(10-8-13)20(16,17)15-19-11-12-5-3-2-4-6-12/h4-5,8-9,11H,1-3,6-7,10H2;7-10,12,15H,2-6,11H2,1H3. The first-order valence-electron chi connectivity index (χ1n) is 13.8. The van der Waals surface area contributed by atoms with Crippen LogP contribution in [0.2, 0.25) is 0 Å². The second-order valence-corrected chi connectivity index (χ2v) is 12.0. The van der Waals surface area contributed by atoms with Crippen LogP contribution in [0, 0.1) is 11.8 Å². The van der Waals surface area contributed by atoms with Crippen LogP contribution in [0.4, 0.5) is 0 Å². The molecule has 2 aromatic rings. The number of methoxy groups -OCH3 is 1. The number of sulfonamides is 1. The van der Waals surface area contributed by atoms with Crippen molar-refractivity contribution in [1.82, 2.24) is 9.95 Å². The van der Waals surface area contributed by atoms with Crippen LogP contribution in [0.5, 0.6) is 5.75 Å². The summed E-state index contributed by atoms with van der Waals surface area (Å²) in [5.74, 6) is 0.875. The minimum Gasteiger partial charge on any atom is -0.497 e. The molecule has 0 unspecified atom stereocenters. The predicted molar refractivity (Wildman–Crippen MR) is 145 cm³/mol. The minimum atomic E-state index is -3.61. The van der Waals surface area contributed by atoms with Crippen LogP contribution in [0.3, 0.4) is 0 Å². The number of benzene rings is 2. The van der Waals surface area contributed by atoms with Crippen molar-refractivity contribution < 1.29 is 32.4 Å². The lowest BCUT2D eigenvalue weighted by molar-refractivity contribution is -0.106. The summed E-state index contributed by atoms with van der Waals surface area (Å²) in [5, 5.41) is 0.930. The van der Waals surface area contributed by atoms with E-state index in [0.29, 0.717) is 41.9 Å². The van der Waals surface area contributed by atoms with Gasteiger partial charge in [0, 0.05) is 0 Å². The van der Waals surface area contributed by atoms with E-state index in [4.69, 9.17) is 14.4 Å². The van der Waals surface area contributed by atoms with Crippen molar-refractivity contribution >= 4 is 21.8 Å². The van der Waals surface area contributed by atoms with Gasteiger partial charge in [0.25, 0.3) is 21.8 Å². The summed E-state index contributed by atoms with van der Waals surface area (Å²) in [5.41, 5.74) is 0.882. The summed E-state index contributed by atoms with van der Waals surface area (Å²) >= 11 is 0. The number of amides is 2. The topological polar surface area (TPSA) is 111 Å². The van der Waals surface area contributed by atoms with Crippen molar-refractivity contribution in [3.05, 3.63) is 59.7 Å². The van der Waals surface area contributed by atoms with E-state index in [0.717, 1.165) is 30.7 Å². The van der Waals surface area contributed by atoms with Crippen molar-refractivity contribution in [2.45, 2.75) is 69.1 Å². The third-order valence-corrected chi connectivity index (χ3v) is 8.73. The molecule has 10 heteroatoms. The monoisotopic (exact) mass is 558 g/mol. The molecule has 212 valence electrons. The maximum absolute atomic E-state index is 12.1. The molecule has 0 aromatic heterocycles. The van der Waals surface area contributed by atoms with Crippen LogP contribution in [-0.2, 0) is 19.7 Å². The summed E-state index contributed by atoms with van der Waals surface area (Å²) in [6.45, 7) is 0.904. The third kappa shape index (κ3) is 7.88. The Bertz CT molecular complexity index is 1170. The highest BCUT2D eigenvalue weighted by Gasteiger charge is 2.36. The summed E-state index contributed by atoms with van der Waals surface area (Å²) in [4.78, 5) is 37.1. The molecule has 0 saturated heterocycles. The van der Waals surface area contributed by atoms with Crippen LogP contribution in [0.1, 0.15) is 84.9 Å². The van der Waals surface area contributed by atoms with Gasteiger partial charge < -0.3 is 4.74 Å². The Morgan fingerprint density at radius 3 is 1.79 bits per heavy atom. The molecular formula is C29H38N2O7S. The lowest BCUT2D eigenvalue weighted by Crippen LogP contribution is -2.32. The second kappa shape index (κ2) is 14.0. The van der Waals surface area contributed by atoms with Crippen molar-refractivity contribution in [2.24, 2.45) is 11.8 Å². The highest BCUT2D eigenvalue weighted by Crippen LogP contribution is 2.27. The molecule has 2 saturated carbocycles. The first-order chi connectivity index (χ1) is 18.9. The first kappa shape index (κ1) is 29.2. The molecule has 5 rings (SSSR count). The van der Waals surface area contributed by atoms with Crippen molar-refractivity contribution in [2.75, 3.05) is 20.3 Å². The second-order valence-electron chi connectivity index (χ2n) is 10.3. The van der Waals surface area contributed by atoms with Crippen molar-refractivity contribution in [3.63, 3.8) is 0 Å². The smallest absolute Gasteiger partial charge is 0.285 e. The zero-order valence-electron chi connectivity index (χ0n) is 22.5. The molecule has 2 aliphatic carbocycles. The number of imide groups is 1. The summed E-state index contributed by atoms with van der Waals surface area (Å²) in [6, 6.07) is 13.0. The zero-order valence-corrected chi connectivity index (χ0v) is 23.3. The van der Waals surface area contributed by atoms with Crippen molar-refractivity contribution in [1.29, 1.82) is 0 Å². The molecule has 9 nitrogen and oxygen atoms in total. The zero-order chi connectivity index (χ0) is 27.7. The number of rotatable bonds is 9. The fraction of sp³-hybridized carbons (Fsp3) is 0.517. The molecule has 2 aromatic carbocycles. The molecule has 2 amide bonds. The van der Waals surface area contributed by atoms with Gasteiger partial charge in [0.2, 0.25) is 0 Å². The lowest BCUT2D eigenvalue weighted by atomic mass is 9.90. The highest BCUT2D eigenvalue weighted by atomic mass is 32.2. The average Bonchev–Trinajstić information content (AvgIpc) is 3.22. The molecule has 0 radical (unpaired) electrons. The first-order valence-corrected chi connectivity index (χ1v) is 15.3. The SMILES string of the molecule is COc1ccc(S(=O)(=O)NOCC2CCCCC2)cc1.O=C1c2ccccc2C(=O)N1OCC1CCCCC1. The Labute approximate surface area is 230 Å². The molecular weight excluding hydrogens is 520 g/mol. The molecule has 3 aliphatic rings. The maximum atomic E-state index is 12.1. The number of fused-ring (bicyclic) bond motifs is 1. The number of hydroxylamine groups is 2. The Balaban J connectivity index is 0.000000181. The molecule has 1 heterocycles. The fourth-order valence-electron chi connectivity index (χ4n) is 5.20. The van der Waals surface area contributed by atoms with Crippen LogP contribution >= 0.6 is 0 Å². The van der Waals surface area contributed by atoms with Gasteiger partial charge in [-0.3, -0.25) is 19.3 Å². The van der Waals surface area contributed by atoms with Gasteiger partial charge in [-0.25, -0.2) is 8.42 Å². The predicted octanol–water partition coefficient (Wildman–Crippen LogP) is 5.28. The van der Waals surface area contributed by atoms with E-state index in [-0.39, 0.29) is 16.7 Å². The van der Waals surface area contributed by atoms with Gasteiger partial charge in [0.15, 0.2) is 0 Å². The van der Waals surface area contributed by atoms with E-state index in [1.54, 1.807) is 36.4 Å². The Hall–Kier alpha value is -2.79. The molecule has 1 N–H and O–H groups in total. The summed E-state index contributed by atoms with van der Waals surface area (Å²) in [6.07, 6.45) is 11.9. The van der Waals surface area contributed by atoms with Crippen LogP contribution in [0.15, 0.2) is 53.4 Å². The number of carbonyl (C=O) groups is 2. The Morgan fingerprint density at radius 2 is 1.28 bits per heavy atom. The van der Waals surface area contributed by atoms with E-state index in [1.807, 2.05) is 0 Å². The molecule has 0 atom stereocenters. The molecule has 2 fully saturated rings. The van der Waals surface area contributed by atoms with E-state index in [1.165, 1.54) is 57.8 Å². The highest BCUT2D eigenvalue weighted by molar-refractivity contribution is 7.89. The van der Waals surface area contributed by atoms with E-state index < -0.39 is 10.0 Å². The quantitative estimate of drug-likeness (QED) is 0.329. The fourth-order valence-corrected chi connectivity index (χ4v) is 6.02. The molecule has 0 bridgehead atoms. The lowest BCUT2D eigenvalue weighted by Gasteiger charge is -2.23. The van der Waals surface area contributed by atoms with Crippen molar-refractivity contribution in [3.8, 4) is 5.75 Å². The van der Waals surface area contributed by atoms with Gasteiger partial charge in [-0.05, 0) is 73.9 Å². The number of nitrogens with one attached hydrogen (secondary N) is 1. The molecule has 39 heavy (non-hydrogen) atoms. The van der Waals surface area contributed by atoms with E-state index >= 15 is 0 Å². The molecule has 1 aliphatic heterocycles. The number of nitrogens with zero attached hydrogens (tertiary/aromatic N) is 1. The van der Waals surface area contributed by atoms with Gasteiger partial charge in [-0.2, -0.15) is 0 Å². The normalized spacial score (nSPS) is 18.4. The van der Waals surface area contributed by atoms with E-state index in [9.17, 15) is 18.0 Å².